The standard InChI is InChI=1S/C20H16F2N2O2S/c1-11-8-14(21)20-19(18(11)22)23-16(27-20)9-12-10-24(7-6-17(25)26)15-5-3-2-4-13(12)15/h2-5,8,10H,6-7,9H2,1H3,(H,25,26). The number of aryl methyl sites for hydroxylation is 2. The summed E-state index contributed by atoms with van der Waals surface area (Å²) in [4.78, 5) is 15.2. The lowest BCUT2D eigenvalue weighted by Gasteiger charge is -2.01. The third-order valence-electron chi connectivity index (χ3n) is 4.57. The van der Waals surface area contributed by atoms with E-state index in [1.807, 2.05) is 35.0 Å². The summed E-state index contributed by atoms with van der Waals surface area (Å²) in [6.45, 7) is 1.88. The molecule has 2 heterocycles. The Labute approximate surface area is 157 Å². The van der Waals surface area contributed by atoms with Crippen LogP contribution in [0.15, 0.2) is 36.5 Å². The normalized spacial score (nSPS) is 11.5. The highest BCUT2D eigenvalue weighted by Crippen LogP contribution is 2.32. The molecule has 4 nitrogen and oxygen atoms in total. The van der Waals surface area contributed by atoms with E-state index in [-0.39, 0.29) is 22.2 Å². The van der Waals surface area contributed by atoms with E-state index in [1.54, 1.807) is 0 Å². The van der Waals surface area contributed by atoms with E-state index in [4.69, 9.17) is 5.11 Å². The number of halogens is 2. The summed E-state index contributed by atoms with van der Waals surface area (Å²) in [6.07, 6.45) is 2.35. The van der Waals surface area contributed by atoms with Crippen LogP contribution < -0.4 is 0 Å². The molecule has 0 aliphatic carbocycles. The van der Waals surface area contributed by atoms with Crippen molar-refractivity contribution >= 4 is 38.4 Å². The first kappa shape index (κ1) is 17.6. The Bertz CT molecular complexity index is 1180. The van der Waals surface area contributed by atoms with Gasteiger partial charge < -0.3 is 9.67 Å². The maximum atomic E-state index is 14.3. The molecule has 0 atom stereocenters. The largest absolute Gasteiger partial charge is 0.481 e. The van der Waals surface area contributed by atoms with Crippen LogP contribution in [-0.2, 0) is 17.8 Å². The maximum absolute atomic E-state index is 14.3. The molecule has 0 saturated heterocycles. The predicted octanol–water partition coefficient (Wildman–Crippen LogP) is 4.90. The van der Waals surface area contributed by atoms with E-state index >= 15 is 0 Å². The zero-order valence-corrected chi connectivity index (χ0v) is 15.3. The molecule has 4 aromatic rings. The molecule has 0 radical (unpaired) electrons. The summed E-state index contributed by atoms with van der Waals surface area (Å²) in [5.41, 5.74) is 2.19. The Morgan fingerprint density at radius 2 is 2.07 bits per heavy atom. The number of aromatic nitrogens is 2. The molecule has 0 amide bonds. The summed E-state index contributed by atoms with van der Waals surface area (Å²) in [5, 5.41) is 10.6. The second-order valence-electron chi connectivity index (χ2n) is 6.46. The van der Waals surface area contributed by atoms with Gasteiger partial charge in [0.05, 0.1) is 16.1 Å². The second-order valence-corrected chi connectivity index (χ2v) is 7.54. The zero-order chi connectivity index (χ0) is 19.1. The molecule has 0 aliphatic heterocycles. The summed E-state index contributed by atoms with van der Waals surface area (Å²) >= 11 is 1.15. The quantitative estimate of drug-likeness (QED) is 0.531. The summed E-state index contributed by atoms with van der Waals surface area (Å²) in [5.74, 6) is -1.81. The number of nitrogens with zero attached hydrogens (tertiary/aromatic N) is 2. The van der Waals surface area contributed by atoms with Crippen LogP contribution in [0, 0.1) is 18.6 Å². The van der Waals surface area contributed by atoms with Crippen LogP contribution in [0.3, 0.4) is 0 Å². The number of rotatable bonds is 5. The first-order valence-corrected chi connectivity index (χ1v) is 9.28. The molecule has 0 fully saturated rings. The highest BCUT2D eigenvalue weighted by Gasteiger charge is 2.17. The van der Waals surface area contributed by atoms with Gasteiger partial charge in [-0.1, -0.05) is 18.2 Å². The van der Waals surface area contributed by atoms with Crippen molar-refractivity contribution in [3.05, 3.63) is 64.3 Å². The molecule has 0 aliphatic rings. The van der Waals surface area contributed by atoms with Gasteiger partial charge in [0.15, 0.2) is 5.82 Å². The predicted molar refractivity (Wildman–Crippen MR) is 101 cm³/mol. The number of para-hydroxylation sites is 1. The fraction of sp³-hybridized carbons (Fsp3) is 0.200. The third-order valence-corrected chi connectivity index (χ3v) is 5.63. The lowest BCUT2D eigenvalue weighted by Crippen LogP contribution is -2.03. The van der Waals surface area contributed by atoms with Crippen molar-refractivity contribution in [1.29, 1.82) is 0 Å². The van der Waals surface area contributed by atoms with Crippen LogP contribution in [0.25, 0.3) is 21.1 Å². The minimum Gasteiger partial charge on any atom is -0.481 e. The summed E-state index contributed by atoms with van der Waals surface area (Å²) < 4.78 is 30.6. The van der Waals surface area contributed by atoms with Gasteiger partial charge in [-0.15, -0.1) is 11.3 Å². The van der Waals surface area contributed by atoms with Crippen molar-refractivity contribution in [2.75, 3.05) is 0 Å². The van der Waals surface area contributed by atoms with Crippen LogP contribution in [0.1, 0.15) is 22.6 Å². The van der Waals surface area contributed by atoms with Crippen LogP contribution in [-0.4, -0.2) is 20.6 Å². The van der Waals surface area contributed by atoms with Crippen LogP contribution >= 0.6 is 11.3 Å². The molecule has 0 spiro atoms. The smallest absolute Gasteiger partial charge is 0.305 e. The van der Waals surface area contributed by atoms with Crippen molar-refractivity contribution < 1.29 is 18.7 Å². The number of aliphatic carboxylic acids is 1. The van der Waals surface area contributed by atoms with Crippen molar-refractivity contribution in [3.8, 4) is 0 Å². The molecule has 0 saturated carbocycles. The lowest BCUT2D eigenvalue weighted by molar-refractivity contribution is -0.137. The van der Waals surface area contributed by atoms with Gasteiger partial charge in [0.2, 0.25) is 0 Å². The average Bonchev–Trinajstić information content (AvgIpc) is 3.21. The maximum Gasteiger partial charge on any atom is 0.305 e. The van der Waals surface area contributed by atoms with Crippen molar-refractivity contribution in [3.63, 3.8) is 0 Å². The SMILES string of the molecule is Cc1cc(F)c2sc(Cc3cn(CCC(=O)O)c4ccccc34)nc2c1F. The first-order valence-electron chi connectivity index (χ1n) is 8.46. The molecule has 2 aromatic heterocycles. The van der Waals surface area contributed by atoms with Crippen molar-refractivity contribution in [2.24, 2.45) is 0 Å². The molecule has 0 unspecified atom stereocenters. The van der Waals surface area contributed by atoms with Crippen LogP contribution in [0.5, 0.6) is 0 Å². The van der Waals surface area contributed by atoms with Gasteiger partial charge in [-0.2, -0.15) is 0 Å². The molecule has 7 heteroatoms. The Balaban J connectivity index is 1.75. The van der Waals surface area contributed by atoms with Gasteiger partial charge in [0.25, 0.3) is 0 Å². The van der Waals surface area contributed by atoms with Gasteiger partial charge in [0, 0.05) is 30.1 Å². The number of hydrogen-bond donors (Lipinski definition) is 1. The molecular formula is C20H16F2N2O2S. The molecule has 1 N–H and O–H groups in total. The van der Waals surface area contributed by atoms with Gasteiger partial charge in [-0.25, -0.2) is 13.8 Å². The average molecular weight is 386 g/mol. The lowest BCUT2D eigenvalue weighted by atomic mass is 10.1. The number of carbonyl (C=O) groups is 1. The zero-order valence-electron chi connectivity index (χ0n) is 14.5. The second kappa shape index (κ2) is 6.74. The van der Waals surface area contributed by atoms with Gasteiger partial charge >= 0.3 is 5.97 Å². The number of fused-ring (bicyclic) bond motifs is 2. The van der Waals surface area contributed by atoms with Crippen LogP contribution in [0.2, 0.25) is 0 Å². The Hall–Kier alpha value is -2.80. The third kappa shape index (κ3) is 3.19. The van der Waals surface area contributed by atoms with E-state index in [2.05, 4.69) is 4.98 Å². The topological polar surface area (TPSA) is 55.1 Å². The minimum atomic E-state index is -0.859. The fourth-order valence-corrected chi connectivity index (χ4v) is 4.27. The Morgan fingerprint density at radius 1 is 1.30 bits per heavy atom. The summed E-state index contributed by atoms with van der Waals surface area (Å²) in [6, 6.07) is 8.89. The summed E-state index contributed by atoms with van der Waals surface area (Å²) in [7, 11) is 0. The van der Waals surface area contributed by atoms with E-state index in [0.717, 1.165) is 27.8 Å². The van der Waals surface area contributed by atoms with Gasteiger partial charge in [0.1, 0.15) is 11.3 Å². The molecule has 138 valence electrons. The molecular weight excluding hydrogens is 370 g/mol. The highest BCUT2D eigenvalue weighted by atomic mass is 32.1. The van der Waals surface area contributed by atoms with Gasteiger partial charge in [-0.3, -0.25) is 4.79 Å². The van der Waals surface area contributed by atoms with Crippen molar-refractivity contribution in [2.45, 2.75) is 26.3 Å². The number of carboxylic acids is 1. The first-order chi connectivity index (χ1) is 12.9. The molecule has 27 heavy (non-hydrogen) atoms. The number of hydrogen-bond acceptors (Lipinski definition) is 3. The minimum absolute atomic E-state index is 0.0228. The number of benzene rings is 2. The number of carboxylic acid groups (broad SMARTS) is 1. The molecule has 4 rings (SSSR count). The number of thiazole rings is 1. The van der Waals surface area contributed by atoms with E-state index in [0.29, 0.717) is 18.0 Å². The fourth-order valence-electron chi connectivity index (χ4n) is 3.28. The molecule has 0 bridgehead atoms. The van der Waals surface area contributed by atoms with Gasteiger partial charge in [-0.05, 0) is 30.2 Å². The Morgan fingerprint density at radius 3 is 2.85 bits per heavy atom. The molecule has 2 aromatic carbocycles. The Kier molecular flexibility index (Phi) is 4.39. The van der Waals surface area contributed by atoms with Crippen molar-refractivity contribution in [1.82, 2.24) is 9.55 Å². The van der Waals surface area contributed by atoms with Crippen LogP contribution in [0.4, 0.5) is 8.78 Å². The van der Waals surface area contributed by atoms with E-state index < -0.39 is 17.6 Å². The van der Waals surface area contributed by atoms with E-state index in [1.165, 1.54) is 13.0 Å². The van der Waals surface area contributed by atoms with E-state index in [9.17, 15) is 13.6 Å². The highest BCUT2D eigenvalue weighted by molar-refractivity contribution is 7.18. The monoisotopic (exact) mass is 386 g/mol.